The number of hydrogen-bond acceptors (Lipinski definition) is 4. The SMILES string of the molecule is COc1ccc(OCC(=O)NCCSCc2ccccc2F)cc1. The van der Waals surface area contributed by atoms with Crippen LogP contribution in [0.5, 0.6) is 11.5 Å². The van der Waals surface area contributed by atoms with Crippen LogP contribution in [0.15, 0.2) is 48.5 Å². The van der Waals surface area contributed by atoms with Gasteiger partial charge in [-0.1, -0.05) is 18.2 Å². The van der Waals surface area contributed by atoms with Crippen molar-refractivity contribution < 1.29 is 18.7 Å². The number of benzene rings is 2. The van der Waals surface area contributed by atoms with E-state index in [2.05, 4.69) is 5.32 Å². The molecule has 6 heteroatoms. The molecule has 0 saturated heterocycles. The van der Waals surface area contributed by atoms with Gasteiger partial charge in [-0.25, -0.2) is 4.39 Å². The summed E-state index contributed by atoms with van der Waals surface area (Å²) in [6, 6.07) is 13.7. The molecule has 0 aromatic heterocycles. The molecule has 128 valence electrons. The monoisotopic (exact) mass is 349 g/mol. The molecular weight excluding hydrogens is 329 g/mol. The molecule has 4 nitrogen and oxygen atoms in total. The summed E-state index contributed by atoms with van der Waals surface area (Å²) in [5, 5.41) is 2.77. The van der Waals surface area contributed by atoms with Crippen molar-refractivity contribution in [3.63, 3.8) is 0 Å². The van der Waals surface area contributed by atoms with Crippen LogP contribution in [0, 0.1) is 5.82 Å². The van der Waals surface area contributed by atoms with Crippen molar-refractivity contribution in [1.29, 1.82) is 0 Å². The third-order valence-corrected chi connectivity index (χ3v) is 4.22. The molecule has 0 aliphatic heterocycles. The predicted octanol–water partition coefficient (Wildman–Crippen LogP) is 3.26. The van der Waals surface area contributed by atoms with Crippen LogP contribution in [0.2, 0.25) is 0 Å². The van der Waals surface area contributed by atoms with Crippen molar-refractivity contribution in [2.45, 2.75) is 5.75 Å². The second kappa shape index (κ2) is 9.82. The number of thioether (sulfide) groups is 1. The molecule has 2 aromatic rings. The van der Waals surface area contributed by atoms with Crippen molar-refractivity contribution >= 4 is 17.7 Å². The van der Waals surface area contributed by atoms with Gasteiger partial charge in [-0.3, -0.25) is 4.79 Å². The van der Waals surface area contributed by atoms with E-state index >= 15 is 0 Å². The molecule has 0 radical (unpaired) electrons. The maximum atomic E-state index is 13.4. The highest BCUT2D eigenvalue weighted by molar-refractivity contribution is 7.98. The lowest BCUT2D eigenvalue weighted by atomic mass is 10.2. The van der Waals surface area contributed by atoms with E-state index in [0.717, 1.165) is 5.75 Å². The predicted molar refractivity (Wildman–Crippen MR) is 94.1 cm³/mol. The summed E-state index contributed by atoms with van der Waals surface area (Å²) in [6.45, 7) is 0.480. The number of ether oxygens (including phenoxy) is 2. The number of nitrogens with one attached hydrogen (secondary N) is 1. The molecule has 1 amide bonds. The van der Waals surface area contributed by atoms with E-state index < -0.39 is 0 Å². The molecule has 0 unspecified atom stereocenters. The minimum Gasteiger partial charge on any atom is -0.497 e. The largest absolute Gasteiger partial charge is 0.497 e. The van der Waals surface area contributed by atoms with Crippen LogP contribution < -0.4 is 14.8 Å². The first-order valence-electron chi connectivity index (χ1n) is 7.54. The van der Waals surface area contributed by atoms with E-state index in [1.807, 2.05) is 6.07 Å². The fourth-order valence-corrected chi connectivity index (χ4v) is 2.78. The molecule has 24 heavy (non-hydrogen) atoms. The molecule has 0 bridgehead atoms. The molecule has 0 atom stereocenters. The van der Waals surface area contributed by atoms with Gasteiger partial charge in [0.1, 0.15) is 17.3 Å². The lowest BCUT2D eigenvalue weighted by Gasteiger charge is -2.08. The van der Waals surface area contributed by atoms with Gasteiger partial charge in [0.05, 0.1) is 7.11 Å². The third kappa shape index (κ3) is 6.12. The zero-order valence-electron chi connectivity index (χ0n) is 13.5. The number of methoxy groups -OCH3 is 1. The fraction of sp³-hybridized carbons (Fsp3) is 0.278. The number of rotatable bonds is 9. The zero-order chi connectivity index (χ0) is 17.2. The normalized spacial score (nSPS) is 10.2. The summed E-state index contributed by atoms with van der Waals surface area (Å²) >= 11 is 1.57. The Morgan fingerprint density at radius 1 is 1.12 bits per heavy atom. The summed E-state index contributed by atoms with van der Waals surface area (Å²) < 4.78 is 23.9. The zero-order valence-corrected chi connectivity index (χ0v) is 14.3. The fourth-order valence-electron chi connectivity index (χ4n) is 1.93. The molecule has 0 aliphatic rings. The van der Waals surface area contributed by atoms with Crippen LogP contribution in [0.4, 0.5) is 4.39 Å². The van der Waals surface area contributed by atoms with E-state index in [1.165, 1.54) is 6.07 Å². The van der Waals surface area contributed by atoms with Crippen LogP contribution in [-0.2, 0) is 10.5 Å². The van der Waals surface area contributed by atoms with Gasteiger partial charge in [-0.15, -0.1) is 0 Å². The Labute approximate surface area is 145 Å². The maximum Gasteiger partial charge on any atom is 0.257 e. The van der Waals surface area contributed by atoms with Gasteiger partial charge >= 0.3 is 0 Å². The van der Waals surface area contributed by atoms with Crippen LogP contribution >= 0.6 is 11.8 Å². The van der Waals surface area contributed by atoms with Crippen LogP contribution in [0.25, 0.3) is 0 Å². The second-order valence-electron chi connectivity index (χ2n) is 4.96. The molecule has 0 aliphatic carbocycles. The Morgan fingerprint density at radius 2 is 1.83 bits per heavy atom. The number of hydrogen-bond donors (Lipinski definition) is 1. The van der Waals surface area contributed by atoms with Crippen molar-refractivity contribution in [3.05, 3.63) is 59.9 Å². The topological polar surface area (TPSA) is 47.6 Å². The first kappa shape index (κ1) is 18.1. The van der Waals surface area contributed by atoms with Crippen molar-refractivity contribution in [2.75, 3.05) is 26.0 Å². The first-order chi connectivity index (χ1) is 11.7. The first-order valence-corrected chi connectivity index (χ1v) is 8.69. The summed E-state index contributed by atoms with van der Waals surface area (Å²) in [4.78, 5) is 11.7. The highest BCUT2D eigenvalue weighted by atomic mass is 32.2. The van der Waals surface area contributed by atoms with Crippen LogP contribution in [-0.4, -0.2) is 31.9 Å². The van der Waals surface area contributed by atoms with Gasteiger partial charge in [0.2, 0.25) is 0 Å². The third-order valence-electron chi connectivity index (χ3n) is 3.21. The number of carbonyl (C=O) groups excluding carboxylic acids is 1. The molecule has 0 fully saturated rings. The minimum atomic E-state index is -0.193. The Morgan fingerprint density at radius 3 is 2.54 bits per heavy atom. The molecule has 0 heterocycles. The number of carbonyl (C=O) groups is 1. The highest BCUT2D eigenvalue weighted by Gasteiger charge is 2.04. The van der Waals surface area contributed by atoms with Crippen molar-refractivity contribution in [3.8, 4) is 11.5 Å². The second-order valence-corrected chi connectivity index (χ2v) is 6.06. The van der Waals surface area contributed by atoms with Crippen LogP contribution in [0.3, 0.4) is 0 Å². The van der Waals surface area contributed by atoms with Gasteiger partial charge in [-0.2, -0.15) is 11.8 Å². The quantitative estimate of drug-likeness (QED) is 0.706. The maximum absolute atomic E-state index is 13.4. The Bertz CT molecular complexity index is 649. The van der Waals surface area contributed by atoms with Gasteiger partial charge in [-0.05, 0) is 35.9 Å². The molecule has 0 saturated carbocycles. The summed E-state index contributed by atoms with van der Waals surface area (Å²) in [5.74, 6) is 2.27. The average molecular weight is 349 g/mol. The van der Waals surface area contributed by atoms with E-state index in [1.54, 1.807) is 55.3 Å². The van der Waals surface area contributed by atoms with Crippen molar-refractivity contribution in [2.24, 2.45) is 0 Å². The van der Waals surface area contributed by atoms with Gasteiger partial charge in [0.15, 0.2) is 6.61 Å². The molecule has 2 rings (SSSR count). The Hall–Kier alpha value is -2.21. The van der Waals surface area contributed by atoms with Gasteiger partial charge in [0, 0.05) is 18.1 Å². The lowest BCUT2D eigenvalue weighted by molar-refractivity contribution is -0.122. The van der Waals surface area contributed by atoms with E-state index in [-0.39, 0.29) is 18.3 Å². The molecule has 1 N–H and O–H groups in total. The minimum absolute atomic E-state index is 0.0374. The summed E-state index contributed by atoms with van der Waals surface area (Å²) in [5.41, 5.74) is 0.677. The van der Waals surface area contributed by atoms with Crippen molar-refractivity contribution in [1.82, 2.24) is 5.32 Å². The van der Waals surface area contributed by atoms with E-state index in [9.17, 15) is 9.18 Å². The van der Waals surface area contributed by atoms with E-state index in [4.69, 9.17) is 9.47 Å². The smallest absolute Gasteiger partial charge is 0.257 e. The number of halogens is 1. The van der Waals surface area contributed by atoms with Crippen LogP contribution in [0.1, 0.15) is 5.56 Å². The molecule has 2 aromatic carbocycles. The summed E-state index contributed by atoms with van der Waals surface area (Å²) in [7, 11) is 1.59. The Kier molecular flexibility index (Phi) is 7.42. The average Bonchev–Trinajstić information content (AvgIpc) is 2.61. The molecular formula is C18H20FNO3S. The van der Waals surface area contributed by atoms with Gasteiger partial charge < -0.3 is 14.8 Å². The lowest BCUT2D eigenvalue weighted by Crippen LogP contribution is -2.30. The summed E-state index contributed by atoms with van der Waals surface area (Å²) in [6.07, 6.45) is 0. The number of amides is 1. The standard InChI is InChI=1S/C18H20FNO3S/c1-22-15-6-8-16(9-7-15)23-12-18(21)20-10-11-24-13-14-4-2-3-5-17(14)19/h2-9H,10-13H2,1H3,(H,20,21). The van der Waals surface area contributed by atoms with E-state index in [0.29, 0.717) is 29.4 Å². The van der Waals surface area contributed by atoms with Gasteiger partial charge in [0.25, 0.3) is 5.91 Å². The molecule has 0 spiro atoms. The Balaban J connectivity index is 1.58. The highest BCUT2D eigenvalue weighted by Crippen LogP contribution is 2.17.